The molecule has 0 aliphatic carbocycles. The van der Waals surface area contributed by atoms with Crippen molar-refractivity contribution in [2.45, 2.75) is 31.3 Å². The zero-order valence-electron chi connectivity index (χ0n) is 10.1. The fraction of sp³-hybridized carbons (Fsp3) is 0.615. The fourth-order valence-corrected chi connectivity index (χ4v) is 3.08. The Morgan fingerprint density at radius 3 is 2.53 bits per heavy atom. The minimum Gasteiger partial charge on any atom is -0.367 e. The van der Waals surface area contributed by atoms with Crippen LogP contribution in [0.1, 0.15) is 19.3 Å². The van der Waals surface area contributed by atoms with Gasteiger partial charge in [0.25, 0.3) is 0 Å². The molecule has 0 N–H and O–H groups in total. The van der Waals surface area contributed by atoms with Crippen molar-refractivity contribution >= 4 is 5.69 Å². The van der Waals surface area contributed by atoms with Crippen LogP contribution in [0.15, 0.2) is 18.3 Å². The highest BCUT2D eigenvalue weighted by Crippen LogP contribution is 2.29. The van der Waals surface area contributed by atoms with Gasteiger partial charge in [0, 0.05) is 25.2 Å². The standard InChI is InChI=1S/C13H18FN3/c1-16-11-3-2-4-12(16)9-17(8-11)10-5-6-13(14)15-7-10/h5-7,11-12H,2-4,8-9H2,1H3. The molecule has 1 aromatic heterocycles. The summed E-state index contributed by atoms with van der Waals surface area (Å²) in [7, 11) is 2.23. The zero-order chi connectivity index (χ0) is 11.8. The third-order valence-corrected chi connectivity index (χ3v) is 4.17. The van der Waals surface area contributed by atoms with Crippen molar-refractivity contribution in [2.75, 3.05) is 25.0 Å². The van der Waals surface area contributed by atoms with Crippen LogP contribution in [0, 0.1) is 5.95 Å². The molecule has 2 bridgehead atoms. The van der Waals surface area contributed by atoms with Gasteiger partial charge in [-0.3, -0.25) is 4.90 Å². The molecule has 0 radical (unpaired) electrons. The largest absolute Gasteiger partial charge is 0.367 e. The Kier molecular flexibility index (Phi) is 2.74. The Labute approximate surface area is 101 Å². The first-order chi connectivity index (χ1) is 8.24. The number of piperazine rings is 1. The summed E-state index contributed by atoms with van der Waals surface area (Å²) in [5.74, 6) is -0.400. The molecule has 2 fully saturated rings. The Hall–Kier alpha value is -1.16. The van der Waals surface area contributed by atoms with Crippen LogP contribution in [0.2, 0.25) is 0 Å². The van der Waals surface area contributed by atoms with Crippen LogP contribution in [0.3, 0.4) is 0 Å². The molecular formula is C13H18FN3. The van der Waals surface area contributed by atoms with Crippen molar-refractivity contribution in [2.24, 2.45) is 0 Å². The van der Waals surface area contributed by atoms with Gasteiger partial charge in [-0.1, -0.05) is 6.42 Å². The molecule has 4 heteroatoms. The molecule has 2 aliphatic heterocycles. The van der Waals surface area contributed by atoms with Gasteiger partial charge in [0.05, 0.1) is 11.9 Å². The predicted molar refractivity (Wildman–Crippen MR) is 65.6 cm³/mol. The van der Waals surface area contributed by atoms with Crippen LogP contribution >= 0.6 is 0 Å². The van der Waals surface area contributed by atoms with Crippen molar-refractivity contribution in [1.29, 1.82) is 0 Å². The number of halogens is 1. The van der Waals surface area contributed by atoms with Crippen LogP contribution in [0.5, 0.6) is 0 Å². The second kappa shape index (κ2) is 4.26. The van der Waals surface area contributed by atoms with E-state index in [1.54, 1.807) is 6.20 Å². The molecule has 3 nitrogen and oxygen atoms in total. The third kappa shape index (κ3) is 2.02. The number of fused-ring (bicyclic) bond motifs is 2. The van der Waals surface area contributed by atoms with Gasteiger partial charge >= 0.3 is 0 Å². The monoisotopic (exact) mass is 235 g/mol. The quantitative estimate of drug-likeness (QED) is 0.693. The molecule has 0 spiro atoms. The van der Waals surface area contributed by atoms with Gasteiger partial charge in [0.15, 0.2) is 0 Å². The lowest BCUT2D eigenvalue weighted by Crippen LogP contribution is -2.59. The molecule has 2 saturated heterocycles. The molecule has 0 saturated carbocycles. The van der Waals surface area contributed by atoms with Crippen LogP contribution < -0.4 is 4.90 Å². The van der Waals surface area contributed by atoms with Crippen LogP contribution in [0.4, 0.5) is 10.1 Å². The Morgan fingerprint density at radius 1 is 1.24 bits per heavy atom. The van der Waals surface area contributed by atoms with Crippen molar-refractivity contribution in [3.63, 3.8) is 0 Å². The number of aromatic nitrogens is 1. The molecule has 2 aliphatic rings. The summed E-state index contributed by atoms with van der Waals surface area (Å²) >= 11 is 0. The Bertz CT molecular complexity index is 378. The summed E-state index contributed by atoms with van der Waals surface area (Å²) in [6.45, 7) is 2.08. The molecule has 1 aromatic rings. The van der Waals surface area contributed by atoms with E-state index < -0.39 is 5.95 Å². The average molecular weight is 235 g/mol. The Morgan fingerprint density at radius 2 is 1.94 bits per heavy atom. The molecule has 3 rings (SSSR count). The SMILES string of the molecule is CN1C2CCCC1CN(c1ccc(F)nc1)C2. The number of rotatable bonds is 1. The first-order valence-corrected chi connectivity index (χ1v) is 6.32. The van der Waals surface area contributed by atoms with Crippen LogP contribution in [-0.4, -0.2) is 42.1 Å². The van der Waals surface area contributed by atoms with Crippen molar-refractivity contribution in [3.8, 4) is 0 Å². The lowest BCUT2D eigenvalue weighted by atomic mass is 9.92. The molecule has 2 atom stereocenters. The summed E-state index contributed by atoms with van der Waals surface area (Å²) in [6, 6.07) is 4.58. The smallest absolute Gasteiger partial charge is 0.212 e. The maximum absolute atomic E-state index is 12.8. The van der Waals surface area contributed by atoms with E-state index >= 15 is 0 Å². The minimum atomic E-state index is -0.400. The van der Waals surface area contributed by atoms with Crippen molar-refractivity contribution in [3.05, 3.63) is 24.3 Å². The first-order valence-electron chi connectivity index (χ1n) is 6.32. The highest BCUT2D eigenvalue weighted by molar-refractivity contribution is 5.45. The van der Waals surface area contributed by atoms with Crippen molar-refractivity contribution < 1.29 is 4.39 Å². The third-order valence-electron chi connectivity index (χ3n) is 4.17. The van der Waals surface area contributed by atoms with Crippen LogP contribution in [0.25, 0.3) is 0 Å². The lowest BCUT2D eigenvalue weighted by molar-refractivity contribution is 0.0950. The van der Waals surface area contributed by atoms with E-state index in [2.05, 4.69) is 21.8 Å². The number of piperidine rings is 1. The molecule has 92 valence electrons. The van der Waals surface area contributed by atoms with E-state index in [4.69, 9.17) is 0 Å². The lowest BCUT2D eigenvalue weighted by Gasteiger charge is -2.49. The van der Waals surface area contributed by atoms with E-state index in [1.165, 1.54) is 25.3 Å². The molecule has 0 aromatic carbocycles. The zero-order valence-corrected chi connectivity index (χ0v) is 10.1. The predicted octanol–water partition coefficient (Wildman–Crippen LogP) is 1.89. The van der Waals surface area contributed by atoms with Gasteiger partial charge < -0.3 is 4.90 Å². The van der Waals surface area contributed by atoms with Gasteiger partial charge in [-0.2, -0.15) is 4.39 Å². The molecule has 17 heavy (non-hydrogen) atoms. The van der Waals surface area contributed by atoms with E-state index in [9.17, 15) is 4.39 Å². The number of pyridine rings is 1. The minimum absolute atomic E-state index is 0.400. The second-order valence-corrected chi connectivity index (χ2v) is 5.15. The number of hydrogen-bond donors (Lipinski definition) is 0. The molecule has 0 amide bonds. The summed E-state index contributed by atoms with van der Waals surface area (Å²) in [4.78, 5) is 8.60. The molecule has 2 unspecified atom stereocenters. The van der Waals surface area contributed by atoms with Gasteiger partial charge in [0.2, 0.25) is 5.95 Å². The fourth-order valence-electron chi connectivity index (χ4n) is 3.08. The normalized spacial score (nSPS) is 29.4. The van der Waals surface area contributed by atoms with Gasteiger partial charge in [-0.15, -0.1) is 0 Å². The summed E-state index contributed by atoms with van der Waals surface area (Å²) in [5.41, 5.74) is 1.05. The number of hydrogen-bond acceptors (Lipinski definition) is 3. The topological polar surface area (TPSA) is 19.4 Å². The number of nitrogens with zero attached hydrogens (tertiary/aromatic N) is 3. The second-order valence-electron chi connectivity index (χ2n) is 5.15. The van der Waals surface area contributed by atoms with Gasteiger partial charge in [-0.05, 0) is 32.0 Å². The summed E-state index contributed by atoms with van der Waals surface area (Å²) < 4.78 is 12.8. The van der Waals surface area contributed by atoms with Crippen molar-refractivity contribution in [1.82, 2.24) is 9.88 Å². The number of anilines is 1. The maximum atomic E-state index is 12.8. The summed E-state index contributed by atoms with van der Waals surface area (Å²) in [6.07, 6.45) is 5.54. The van der Waals surface area contributed by atoms with E-state index in [1.807, 2.05) is 6.07 Å². The van der Waals surface area contributed by atoms with Crippen LogP contribution in [-0.2, 0) is 0 Å². The Balaban J connectivity index is 1.79. The highest BCUT2D eigenvalue weighted by atomic mass is 19.1. The van der Waals surface area contributed by atoms with Gasteiger partial charge in [-0.25, -0.2) is 4.98 Å². The van der Waals surface area contributed by atoms with Gasteiger partial charge in [0.1, 0.15) is 0 Å². The van der Waals surface area contributed by atoms with E-state index in [0.717, 1.165) is 18.8 Å². The summed E-state index contributed by atoms with van der Waals surface area (Å²) in [5, 5.41) is 0. The molecular weight excluding hydrogens is 217 g/mol. The first kappa shape index (κ1) is 11.0. The van der Waals surface area contributed by atoms with E-state index in [0.29, 0.717) is 12.1 Å². The maximum Gasteiger partial charge on any atom is 0.212 e. The van der Waals surface area contributed by atoms with E-state index in [-0.39, 0.29) is 0 Å². The highest BCUT2D eigenvalue weighted by Gasteiger charge is 2.34. The molecule has 3 heterocycles. The average Bonchev–Trinajstić information content (AvgIpc) is 2.30. The number of likely N-dealkylation sites (N-methyl/N-ethyl adjacent to an activating group) is 1.